The fourth-order valence-electron chi connectivity index (χ4n) is 3.49. The van der Waals surface area contributed by atoms with Crippen LogP contribution in [0.4, 0.5) is 5.82 Å². The Labute approximate surface area is 173 Å². The number of hydrogen-bond acceptors (Lipinski definition) is 6. The van der Waals surface area contributed by atoms with Crippen LogP contribution in [0.5, 0.6) is 0 Å². The average molecular weight is 396 g/mol. The van der Waals surface area contributed by atoms with Crippen LogP contribution in [0.25, 0.3) is 28.2 Å². The number of imidazole rings is 1. The van der Waals surface area contributed by atoms with Gasteiger partial charge in [-0.15, -0.1) is 5.10 Å². The summed E-state index contributed by atoms with van der Waals surface area (Å²) in [7, 11) is 0. The number of benzene rings is 2. The molecule has 0 aliphatic carbocycles. The highest BCUT2D eigenvalue weighted by atomic mass is 15.5. The van der Waals surface area contributed by atoms with E-state index < -0.39 is 0 Å². The van der Waals surface area contributed by atoms with Gasteiger partial charge in [-0.2, -0.15) is 0 Å². The number of H-pyrrole nitrogens is 1. The summed E-state index contributed by atoms with van der Waals surface area (Å²) in [5, 5.41) is 17.8. The third-order valence-electron chi connectivity index (χ3n) is 5.07. The molecule has 3 aromatic heterocycles. The highest BCUT2D eigenvalue weighted by Crippen LogP contribution is 2.29. The largest absolute Gasteiger partial charge is 0.367 e. The molecule has 148 valence electrons. The first kappa shape index (κ1) is 18.0. The minimum atomic E-state index is 0.658. The molecule has 0 saturated carbocycles. The smallest absolute Gasteiger partial charge is 0.180 e. The van der Waals surface area contributed by atoms with Crippen molar-refractivity contribution in [3.05, 3.63) is 78.4 Å². The fraction of sp³-hybridized carbons (Fsp3) is 0.136. The van der Waals surface area contributed by atoms with E-state index in [2.05, 4.69) is 79.2 Å². The highest BCUT2D eigenvalue weighted by Gasteiger charge is 2.10. The number of aromatic nitrogens is 7. The second kappa shape index (κ2) is 7.75. The lowest BCUT2D eigenvalue weighted by Crippen LogP contribution is -2.06. The van der Waals surface area contributed by atoms with Crippen molar-refractivity contribution in [2.75, 3.05) is 5.32 Å². The van der Waals surface area contributed by atoms with Gasteiger partial charge in [0, 0.05) is 23.9 Å². The zero-order valence-corrected chi connectivity index (χ0v) is 16.4. The van der Waals surface area contributed by atoms with Crippen LogP contribution in [0.2, 0.25) is 0 Å². The van der Waals surface area contributed by atoms with Gasteiger partial charge in [-0.05, 0) is 33.5 Å². The molecular weight excluding hydrogens is 376 g/mol. The quantitative estimate of drug-likeness (QED) is 0.454. The second-order valence-corrected chi connectivity index (χ2v) is 6.95. The summed E-state index contributed by atoms with van der Waals surface area (Å²) in [5.74, 6) is 1.65. The van der Waals surface area contributed by atoms with Crippen molar-refractivity contribution < 1.29 is 0 Å². The van der Waals surface area contributed by atoms with Gasteiger partial charge < -0.3 is 5.32 Å². The topological polar surface area (TPSA) is 96.7 Å². The van der Waals surface area contributed by atoms with Gasteiger partial charge in [-0.3, -0.25) is 4.40 Å². The first-order chi connectivity index (χ1) is 14.8. The van der Waals surface area contributed by atoms with Crippen molar-refractivity contribution >= 4 is 11.5 Å². The lowest BCUT2D eigenvalue weighted by molar-refractivity contribution is 0.881. The maximum absolute atomic E-state index is 4.59. The molecule has 0 saturated heterocycles. The van der Waals surface area contributed by atoms with Crippen LogP contribution < -0.4 is 5.32 Å². The summed E-state index contributed by atoms with van der Waals surface area (Å²) in [6.45, 7) is 2.80. The van der Waals surface area contributed by atoms with E-state index >= 15 is 0 Å². The van der Waals surface area contributed by atoms with Crippen molar-refractivity contribution in [1.29, 1.82) is 0 Å². The predicted octanol–water partition coefficient (Wildman–Crippen LogP) is 3.75. The molecule has 0 fully saturated rings. The summed E-state index contributed by atoms with van der Waals surface area (Å²) in [6.07, 6.45) is 4.44. The maximum Gasteiger partial charge on any atom is 0.180 e. The van der Waals surface area contributed by atoms with E-state index in [1.165, 1.54) is 5.56 Å². The number of nitrogens with one attached hydrogen (secondary N) is 2. The molecule has 8 nitrogen and oxygen atoms in total. The number of tetrazole rings is 1. The molecule has 5 rings (SSSR count). The second-order valence-electron chi connectivity index (χ2n) is 6.95. The fourth-order valence-corrected chi connectivity index (χ4v) is 3.49. The van der Waals surface area contributed by atoms with Crippen LogP contribution in [0, 0.1) is 0 Å². The van der Waals surface area contributed by atoms with Crippen LogP contribution in [0.1, 0.15) is 18.2 Å². The molecule has 5 aromatic rings. The summed E-state index contributed by atoms with van der Waals surface area (Å²) < 4.78 is 1.97. The Bertz CT molecular complexity index is 1270. The van der Waals surface area contributed by atoms with Gasteiger partial charge in [0.1, 0.15) is 12.1 Å². The van der Waals surface area contributed by atoms with Gasteiger partial charge in [0.2, 0.25) is 0 Å². The summed E-state index contributed by atoms with van der Waals surface area (Å²) in [5.41, 5.74) is 6.24. The summed E-state index contributed by atoms with van der Waals surface area (Å²) in [4.78, 5) is 8.80. The highest BCUT2D eigenvalue weighted by molar-refractivity contribution is 5.80. The van der Waals surface area contributed by atoms with Gasteiger partial charge in [-0.1, -0.05) is 55.5 Å². The van der Waals surface area contributed by atoms with Gasteiger partial charge in [0.25, 0.3) is 0 Å². The normalized spacial score (nSPS) is 11.1. The first-order valence-electron chi connectivity index (χ1n) is 9.80. The molecule has 0 aliphatic heterocycles. The Hall–Kier alpha value is -4.07. The molecule has 0 bridgehead atoms. The zero-order chi connectivity index (χ0) is 20.3. The average Bonchev–Trinajstić information content (AvgIpc) is 3.50. The predicted molar refractivity (Wildman–Crippen MR) is 115 cm³/mol. The summed E-state index contributed by atoms with van der Waals surface area (Å²) in [6, 6.07) is 18.7. The lowest BCUT2D eigenvalue weighted by Gasteiger charge is -2.12. The number of fused-ring (bicyclic) bond motifs is 1. The molecule has 2 N–H and O–H groups in total. The molecule has 8 heteroatoms. The van der Waals surface area contributed by atoms with Crippen molar-refractivity contribution in [3.8, 4) is 22.5 Å². The Balaban J connectivity index is 1.38. The molecule has 0 atom stereocenters. The lowest BCUT2D eigenvalue weighted by atomic mass is 9.98. The minimum Gasteiger partial charge on any atom is -0.367 e. The van der Waals surface area contributed by atoms with Crippen molar-refractivity contribution in [2.45, 2.75) is 19.9 Å². The molecule has 30 heavy (non-hydrogen) atoms. The molecule has 0 aliphatic rings. The number of aromatic amines is 1. The van der Waals surface area contributed by atoms with Crippen LogP contribution in [-0.4, -0.2) is 35.0 Å². The Kier molecular flexibility index (Phi) is 4.65. The van der Waals surface area contributed by atoms with E-state index in [0.29, 0.717) is 12.4 Å². The monoisotopic (exact) mass is 396 g/mol. The zero-order valence-electron chi connectivity index (χ0n) is 16.4. The molecule has 3 heterocycles. The number of anilines is 1. The minimum absolute atomic E-state index is 0.658. The van der Waals surface area contributed by atoms with Gasteiger partial charge in [0.15, 0.2) is 11.5 Å². The standard InChI is InChI=1S/C22H20N8/c1-2-17-11-20(30-14-23-13-21(30)25-17)24-12-15-7-9-16(10-8-15)18-5-3-4-6-19(18)22-26-28-29-27-22/h3-11,13-14,24H,2,12H2,1H3,(H,26,27,28,29). The third-order valence-corrected chi connectivity index (χ3v) is 5.07. The van der Waals surface area contributed by atoms with Gasteiger partial charge in [0.05, 0.1) is 6.20 Å². The Morgan fingerprint density at radius 2 is 1.87 bits per heavy atom. The number of aryl methyl sites for hydroxylation is 1. The van der Waals surface area contributed by atoms with Gasteiger partial charge in [-0.25, -0.2) is 15.1 Å². The van der Waals surface area contributed by atoms with Crippen LogP contribution in [0.15, 0.2) is 67.1 Å². The van der Waals surface area contributed by atoms with Crippen molar-refractivity contribution in [1.82, 2.24) is 35.0 Å². The molecular formula is C22H20N8. The van der Waals surface area contributed by atoms with E-state index in [9.17, 15) is 0 Å². The number of nitrogens with zero attached hydrogens (tertiary/aromatic N) is 6. The van der Waals surface area contributed by atoms with Gasteiger partial charge >= 0.3 is 0 Å². The van der Waals surface area contributed by atoms with Crippen molar-refractivity contribution in [3.63, 3.8) is 0 Å². The van der Waals surface area contributed by atoms with E-state index in [0.717, 1.165) is 40.3 Å². The number of hydrogen-bond donors (Lipinski definition) is 2. The molecule has 0 spiro atoms. The van der Waals surface area contributed by atoms with Crippen molar-refractivity contribution in [2.24, 2.45) is 0 Å². The molecule has 0 amide bonds. The molecule has 0 unspecified atom stereocenters. The summed E-state index contributed by atoms with van der Waals surface area (Å²) >= 11 is 0. The number of rotatable bonds is 6. The van der Waals surface area contributed by atoms with Crippen LogP contribution in [0.3, 0.4) is 0 Å². The van der Waals surface area contributed by atoms with E-state index in [1.807, 2.05) is 22.6 Å². The van der Waals surface area contributed by atoms with Crippen LogP contribution in [-0.2, 0) is 13.0 Å². The van der Waals surface area contributed by atoms with E-state index in [4.69, 9.17) is 0 Å². The van der Waals surface area contributed by atoms with E-state index in [1.54, 1.807) is 12.5 Å². The van der Waals surface area contributed by atoms with E-state index in [-0.39, 0.29) is 0 Å². The van der Waals surface area contributed by atoms with Crippen LogP contribution >= 0.6 is 0 Å². The Morgan fingerprint density at radius 3 is 2.63 bits per heavy atom. The third kappa shape index (κ3) is 3.39. The molecule has 0 radical (unpaired) electrons. The maximum atomic E-state index is 4.59. The molecule has 2 aromatic carbocycles. The SMILES string of the molecule is CCc1cc(NCc2ccc(-c3ccccc3-c3nnn[nH]3)cc2)n2cncc2n1. The Morgan fingerprint density at radius 1 is 1.03 bits per heavy atom. The first-order valence-corrected chi connectivity index (χ1v) is 9.80.